The van der Waals surface area contributed by atoms with Crippen molar-refractivity contribution < 1.29 is 9.53 Å². The Morgan fingerprint density at radius 2 is 2.20 bits per heavy atom. The van der Waals surface area contributed by atoms with E-state index in [2.05, 4.69) is 20.1 Å². The largest absolute Gasteiger partial charge is 0.385 e. The minimum absolute atomic E-state index is 0.0293. The molecule has 0 aliphatic carbocycles. The van der Waals surface area contributed by atoms with Crippen molar-refractivity contribution in [3.05, 3.63) is 36.3 Å². The monoisotopic (exact) mass is 411 g/mol. The second-order valence-corrected chi connectivity index (χ2v) is 8.51. The Labute approximate surface area is 178 Å². The number of methoxy groups -OCH3 is 1. The predicted octanol–water partition coefficient (Wildman–Crippen LogP) is 3.21. The molecule has 2 atom stereocenters. The summed E-state index contributed by atoms with van der Waals surface area (Å²) in [6.45, 7) is 4.61. The van der Waals surface area contributed by atoms with Crippen LogP contribution in [0.1, 0.15) is 49.0 Å². The van der Waals surface area contributed by atoms with E-state index < -0.39 is 0 Å². The van der Waals surface area contributed by atoms with Crippen molar-refractivity contribution in [2.45, 2.75) is 44.6 Å². The van der Waals surface area contributed by atoms with Crippen LogP contribution >= 0.6 is 0 Å². The molecule has 0 saturated carbocycles. The lowest BCUT2D eigenvalue weighted by Crippen LogP contribution is -2.51. The number of fused-ring (bicyclic) bond motifs is 1. The van der Waals surface area contributed by atoms with Gasteiger partial charge in [-0.1, -0.05) is 6.42 Å². The standard InChI is InChI=1S/C23H33N5O2/c1-30-14-6-13-28(17-19-8-5-12-27-11-3-2-9-22(19)27)23(29)21-15-20(25-26-21)18-7-4-10-24-16-18/h4,7,10,15-16,19,22H,2-3,5-6,8-9,11-14,17H2,1H3,(H,25,26). The molecule has 2 aromatic rings. The summed E-state index contributed by atoms with van der Waals surface area (Å²) in [7, 11) is 1.71. The van der Waals surface area contributed by atoms with Gasteiger partial charge in [-0.2, -0.15) is 5.10 Å². The van der Waals surface area contributed by atoms with Crippen LogP contribution in [0.3, 0.4) is 0 Å². The number of carbonyl (C=O) groups is 1. The molecule has 2 aliphatic rings. The van der Waals surface area contributed by atoms with Crippen LogP contribution in [0.5, 0.6) is 0 Å². The fraction of sp³-hybridized carbons (Fsp3) is 0.609. The molecular weight excluding hydrogens is 378 g/mol. The van der Waals surface area contributed by atoms with Gasteiger partial charge in [0, 0.05) is 50.8 Å². The predicted molar refractivity (Wildman–Crippen MR) is 116 cm³/mol. The van der Waals surface area contributed by atoms with Crippen LogP contribution in [0.15, 0.2) is 30.6 Å². The minimum Gasteiger partial charge on any atom is -0.385 e. The number of nitrogens with zero attached hydrogens (tertiary/aromatic N) is 4. The van der Waals surface area contributed by atoms with E-state index >= 15 is 0 Å². The molecule has 2 fully saturated rings. The van der Waals surface area contributed by atoms with E-state index in [4.69, 9.17) is 4.74 Å². The molecule has 4 rings (SSSR count). The van der Waals surface area contributed by atoms with Crippen LogP contribution in [-0.4, -0.2) is 76.8 Å². The summed E-state index contributed by atoms with van der Waals surface area (Å²) in [5.41, 5.74) is 2.20. The summed E-state index contributed by atoms with van der Waals surface area (Å²) in [4.78, 5) is 22.2. The third-order valence-electron chi connectivity index (χ3n) is 6.51. The molecule has 7 heteroatoms. The van der Waals surface area contributed by atoms with E-state index in [1.54, 1.807) is 19.5 Å². The van der Waals surface area contributed by atoms with E-state index in [1.807, 2.05) is 23.1 Å². The highest BCUT2D eigenvalue weighted by atomic mass is 16.5. The average Bonchev–Trinajstić information content (AvgIpc) is 3.29. The van der Waals surface area contributed by atoms with Crippen LogP contribution < -0.4 is 0 Å². The van der Waals surface area contributed by atoms with Gasteiger partial charge < -0.3 is 14.5 Å². The maximum atomic E-state index is 13.4. The number of nitrogens with one attached hydrogen (secondary N) is 1. The summed E-state index contributed by atoms with van der Waals surface area (Å²) >= 11 is 0. The number of amides is 1. The number of H-pyrrole nitrogens is 1. The minimum atomic E-state index is 0.0293. The second kappa shape index (κ2) is 10.2. The molecule has 2 unspecified atom stereocenters. The van der Waals surface area contributed by atoms with Crippen LogP contribution in [0.4, 0.5) is 0 Å². The molecule has 0 radical (unpaired) electrons. The molecule has 4 heterocycles. The summed E-state index contributed by atoms with van der Waals surface area (Å²) in [6.07, 6.45) is 10.7. The number of hydrogen-bond acceptors (Lipinski definition) is 5. The SMILES string of the molecule is COCCCN(CC1CCCN2CCCCC12)C(=O)c1cc(-c2cccnc2)n[nH]1. The van der Waals surface area contributed by atoms with Gasteiger partial charge >= 0.3 is 0 Å². The molecule has 2 saturated heterocycles. The summed E-state index contributed by atoms with van der Waals surface area (Å²) < 4.78 is 5.24. The Hall–Kier alpha value is -2.25. The normalized spacial score (nSPS) is 21.9. The summed E-state index contributed by atoms with van der Waals surface area (Å²) in [5, 5.41) is 7.31. The number of pyridine rings is 1. The molecule has 0 aromatic carbocycles. The number of aromatic nitrogens is 3. The van der Waals surface area contributed by atoms with Gasteiger partial charge in [-0.3, -0.25) is 14.9 Å². The third-order valence-corrected chi connectivity index (χ3v) is 6.51. The maximum Gasteiger partial charge on any atom is 0.271 e. The third kappa shape index (κ3) is 4.90. The van der Waals surface area contributed by atoms with Crippen molar-refractivity contribution in [3.8, 4) is 11.3 Å². The van der Waals surface area contributed by atoms with E-state index in [9.17, 15) is 4.79 Å². The first-order valence-electron chi connectivity index (χ1n) is 11.2. The summed E-state index contributed by atoms with van der Waals surface area (Å²) in [5.74, 6) is 0.577. The second-order valence-electron chi connectivity index (χ2n) is 8.51. The lowest BCUT2D eigenvalue weighted by molar-refractivity contribution is 0.0344. The van der Waals surface area contributed by atoms with Crippen molar-refractivity contribution >= 4 is 5.91 Å². The zero-order valence-electron chi connectivity index (χ0n) is 17.9. The molecule has 1 amide bonds. The maximum absolute atomic E-state index is 13.4. The molecular formula is C23H33N5O2. The van der Waals surface area contributed by atoms with Crippen molar-refractivity contribution in [2.75, 3.05) is 39.9 Å². The first-order chi connectivity index (χ1) is 14.8. The Bertz CT molecular complexity index is 807. The molecule has 0 bridgehead atoms. The van der Waals surface area contributed by atoms with Crippen LogP contribution in [0.2, 0.25) is 0 Å². The fourth-order valence-electron chi connectivity index (χ4n) is 5.01. The van der Waals surface area contributed by atoms with Crippen LogP contribution in [-0.2, 0) is 4.74 Å². The Balaban J connectivity index is 1.48. The molecule has 2 aliphatic heterocycles. The molecule has 1 N–H and O–H groups in total. The fourth-order valence-corrected chi connectivity index (χ4v) is 5.01. The molecule has 7 nitrogen and oxygen atoms in total. The van der Waals surface area contributed by atoms with Gasteiger partial charge in [0.1, 0.15) is 5.69 Å². The number of aromatic amines is 1. The zero-order valence-corrected chi connectivity index (χ0v) is 17.9. The van der Waals surface area contributed by atoms with Crippen molar-refractivity contribution in [3.63, 3.8) is 0 Å². The van der Waals surface area contributed by atoms with E-state index in [0.717, 1.165) is 24.2 Å². The first kappa shape index (κ1) is 21.0. The van der Waals surface area contributed by atoms with Crippen LogP contribution in [0, 0.1) is 5.92 Å². The zero-order chi connectivity index (χ0) is 20.8. The van der Waals surface area contributed by atoms with Gasteiger partial charge in [0.05, 0.1) is 5.69 Å². The van der Waals surface area contributed by atoms with Gasteiger partial charge in [-0.15, -0.1) is 0 Å². The highest BCUT2D eigenvalue weighted by Gasteiger charge is 2.35. The highest BCUT2D eigenvalue weighted by Crippen LogP contribution is 2.31. The van der Waals surface area contributed by atoms with Crippen LogP contribution in [0.25, 0.3) is 11.3 Å². The molecule has 0 spiro atoms. The van der Waals surface area contributed by atoms with Crippen molar-refractivity contribution in [1.29, 1.82) is 0 Å². The van der Waals surface area contributed by atoms with E-state index in [0.29, 0.717) is 30.8 Å². The Morgan fingerprint density at radius 1 is 1.30 bits per heavy atom. The first-order valence-corrected chi connectivity index (χ1v) is 11.2. The molecule has 2 aromatic heterocycles. The van der Waals surface area contributed by atoms with Gasteiger partial charge in [-0.25, -0.2) is 0 Å². The number of rotatable bonds is 8. The topological polar surface area (TPSA) is 74.3 Å². The molecule has 162 valence electrons. The smallest absolute Gasteiger partial charge is 0.271 e. The van der Waals surface area contributed by atoms with Crippen molar-refractivity contribution in [2.24, 2.45) is 5.92 Å². The van der Waals surface area contributed by atoms with Gasteiger partial charge in [0.15, 0.2) is 0 Å². The van der Waals surface area contributed by atoms with Gasteiger partial charge in [0.2, 0.25) is 0 Å². The molecule has 30 heavy (non-hydrogen) atoms. The average molecular weight is 412 g/mol. The lowest BCUT2D eigenvalue weighted by Gasteiger charge is -2.45. The van der Waals surface area contributed by atoms with Gasteiger partial charge in [-0.05, 0) is 69.3 Å². The number of ether oxygens (including phenoxy) is 1. The van der Waals surface area contributed by atoms with Crippen molar-refractivity contribution in [1.82, 2.24) is 25.0 Å². The number of hydrogen-bond donors (Lipinski definition) is 1. The van der Waals surface area contributed by atoms with E-state index in [-0.39, 0.29) is 5.91 Å². The Morgan fingerprint density at radius 3 is 3.03 bits per heavy atom. The highest BCUT2D eigenvalue weighted by molar-refractivity contribution is 5.93. The van der Waals surface area contributed by atoms with Gasteiger partial charge in [0.25, 0.3) is 5.91 Å². The Kier molecular flexibility index (Phi) is 7.12. The summed E-state index contributed by atoms with van der Waals surface area (Å²) in [6, 6.07) is 6.30. The lowest BCUT2D eigenvalue weighted by atomic mass is 9.83. The number of piperidine rings is 2. The van der Waals surface area contributed by atoms with E-state index in [1.165, 1.54) is 45.2 Å². The quantitative estimate of drug-likeness (QED) is 0.675. The number of carbonyl (C=O) groups excluding carboxylic acids is 1.